The Morgan fingerprint density at radius 1 is 0.964 bits per heavy atom. The number of carbonyl (C=O) groups is 2. The van der Waals surface area contributed by atoms with Crippen LogP contribution < -0.4 is 15.4 Å². The largest absolute Gasteiger partial charge is 0.497 e. The molecule has 0 aliphatic heterocycles. The molecule has 3 rings (SSSR count). The normalized spacial score (nSPS) is 11.6. The number of carbonyl (C=O) groups excluding carboxylic acids is 2. The van der Waals surface area contributed by atoms with Gasteiger partial charge < -0.3 is 20.5 Å². The zero-order valence-corrected chi connectivity index (χ0v) is 15.5. The molecule has 1 atom stereocenters. The van der Waals surface area contributed by atoms with Crippen LogP contribution in [0.15, 0.2) is 66.7 Å². The maximum absolute atomic E-state index is 12.0. The zero-order valence-electron chi connectivity index (χ0n) is 15.5. The average Bonchev–Trinajstić information content (AvgIpc) is 2.75. The molecular formula is C22H22N2O4. The van der Waals surface area contributed by atoms with Crippen LogP contribution >= 0.6 is 0 Å². The molecule has 144 valence electrons. The molecule has 3 aromatic carbocycles. The number of hydrogen-bond donors (Lipinski definition) is 3. The predicted molar refractivity (Wildman–Crippen MR) is 107 cm³/mol. The number of fused-ring (bicyclic) bond motifs is 1. The second kappa shape index (κ2) is 9.01. The summed E-state index contributed by atoms with van der Waals surface area (Å²) in [5.74, 6) is -0.871. The van der Waals surface area contributed by atoms with Gasteiger partial charge >= 0.3 is 11.8 Å². The van der Waals surface area contributed by atoms with Crippen molar-refractivity contribution in [2.45, 2.75) is 12.6 Å². The molecule has 0 unspecified atom stereocenters. The third-order valence-electron chi connectivity index (χ3n) is 4.43. The van der Waals surface area contributed by atoms with Crippen LogP contribution in [0.3, 0.4) is 0 Å². The smallest absolute Gasteiger partial charge is 0.309 e. The Labute approximate surface area is 163 Å². The number of ether oxygens (including phenoxy) is 1. The maximum Gasteiger partial charge on any atom is 0.309 e. The lowest BCUT2D eigenvalue weighted by molar-refractivity contribution is -0.139. The van der Waals surface area contributed by atoms with Crippen molar-refractivity contribution in [3.63, 3.8) is 0 Å². The summed E-state index contributed by atoms with van der Waals surface area (Å²) in [6.07, 6.45) is -0.916. The van der Waals surface area contributed by atoms with Gasteiger partial charge in [-0.2, -0.15) is 0 Å². The van der Waals surface area contributed by atoms with Crippen molar-refractivity contribution in [3.8, 4) is 5.75 Å². The SMILES string of the molecule is COc1cccc(CNC(=O)C(=O)NC[C@@H](O)c2cccc3ccccc23)c1. The van der Waals surface area contributed by atoms with E-state index in [1.54, 1.807) is 25.3 Å². The molecule has 3 N–H and O–H groups in total. The van der Waals surface area contributed by atoms with E-state index >= 15 is 0 Å². The third kappa shape index (κ3) is 4.66. The van der Waals surface area contributed by atoms with Crippen LogP contribution in [0.2, 0.25) is 0 Å². The Morgan fingerprint density at radius 2 is 1.68 bits per heavy atom. The molecule has 0 aliphatic carbocycles. The first-order valence-corrected chi connectivity index (χ1v) is 8.93. The van der Waals surface area contributed by atoms with E-state index in [0.717, 1.165) is 16.3 Å². The van der Waals surface area contributed by atoms with Crippen molar-refractivity contribution < 1.29 is 19.4 Å². The van der Waals surface area contributed by atoms with E-state index in [-0.39, 0.29) is 13.1 Å². The van der Waals surface area contributed by atoms with Crippen LogP contribution in [0, 0.1) is 0 Å². The molecule has 3 aromatic rings. The highest BCUT2D eigenvalue weighted by molar-refractivity contribution is 6.35. The van der Waals surface area contributed by atoms with Gasteiger partial charge in [-0.05, 0) is 34.0 Å². The fourth-order valence-corrected chi connectivity index (χ4v) is 2.97. The van der Waals surface area contributed by atoms with E-state index < -0.39 is 17.9 Å². The van der Waals surface area contributed by atoms with Gasteiger partial charge in [0.25, 0.3) is 0 Å². The van der Waals surface area contributed by atoms with Crippen LogP contribution in [0.4, 0.5) is 0 Å². The van der Waals surface area contributed by atoms with E-state index in [1.807, 2.05) is 48.5 Å². The van der Waals surface area contributed by atoms with Crippen LogP contribution in [0.5, 0.6) is 5.75 Å². The van der Waals surface area contributed by atoms with E-state index in [1.165, 1.54) is 0 Å². The third-order valence-corrected chi connectivity index (χ3v) is 4.43. The molecular weight excluding hydrogens is 356 g/mol. The summed E-state index contributed by atoms with van der Waals surface area (Å²) in [6, 6.07) is 20.5. The number of benzene rings is 3. The number of nitrogens with one attached hydrogen (secondary N) is 2. The van der Waals surface area contributed by atoms with Crippen molar-refractivity contribution in [2.24, 2.45) is 0 Å². The Morgan fingerprint density at radius 3 is 2.50 bits per heavy atom. The number of amides is 2. The predicted octanol–water partition coefficient (Wildman–Crippen LogP) is 2.31. The molecule has 0 aliphatic rings. The second-order valence-electron chi connectivity index (χ2n) is 6.33. The molecule has 0 fully saturated rings. The van der Waals surface area contributed by atoms with Crippen molar-refractivity contribution in [3.05, 3.63) is 77.9 Å². The average molecular weight is 378 g/mol. The van der Waals surface area contributed by atoms with Gasteiger partial charge in [0.1, 0.15) is 5.75 Å². The second-order valence-corrected chi connectivity index (χ2v) is 6.33. The summed E-state index contributed by atoms with van der Waals surface area (Å²) in [5.41, 5.74) is 1.52. The number of methoxy groups -OCH3 is 1. The van der Waals surface area contributed by atoms with Crippen molar-refractivity contribution in [2.75, 3.05) is 13.7 Å². The highest BCUT2D eigenvalue weighted by Gasteiger charge is 2.16. The van der Waals surface area contributed by atoms with Crippen LogP contribution in [0.25, 0.3) is 10.8 Å². The minimum atomic E-state index is -0.916. The molecule has 2 amide bonds. The molecule has 6 heteroatoms. The van der Waals surface area contributed by atoms with Gasteiger partial charge in [0, 0.05) is 13.1 Å². The van der Waals surface area contributed by atoms with Gasteiger partial charge in [-0.3, -0.25) is 9.59 Å². The quantitative estimate of drug-likeness (QED) is 0.575. The molecule has 0 radical (unpaired) electrons. The Hall–Kier alpha value is -3.38. The van der Waals surface area contributed by atoms with Gasteiger partial charge in [0.15, 0.2) is 0 Å². The van der Waals surface area contributed by atoms with Gasteiger partial charge in [0.05, 0.1) is 13.2 Å². The van der Waals surface area contributed by atoms with Crippen LogP contribution in [-0.2, 0) is 16.1 Å². The summed E-state index contributed by atoms with van der Waals surface area (Å²) >= 11 is 0. The number of aliphatic hydroxyl groups excluding tert-OH is 1. The molecule has 0 saturated carbocycles. The first kappa shape index (κ1) is 19.4. The Balaban J connectivity index is 1.54. The van der Waals surface area contributed by atoms with E-state index in [9.17, 15) is 14.7 Å². The topological polar surface area (TPSA) is 87.7 Å². The van der Waals surface area contributed by atoms with Crippen molar-refractivity contribution in [1.29, 1.82) is 0 Å². The summed E-state index contributed by atoms with van der Waals surface area (Å²) in [5, 5.41) is 17.4. The fraction of sp³-hybridized carbons (Fsp3) is 0.182. The van der Waals surface area contributed by atoms with E-state index in [4.69, 9.17) is 4.74 Å². The summed E-state index contributed by atoms with van der Waals surface area (Å²) in [4.78, 5) is 24.0. The number of hydrogen-bond acceptors (Lipinski definition) is 4. The molecule has 28 heavy (non-hydrogen) atoms. The van der Waals surface area contributed by atoms with E-state index in [0.29, 0.717) is 11.3 Å². The molecule has 0 bridgehead atoms. The first-order valence-electron chi connectivity index (χ1n) is 8.93. The lowest BCUT2D eigenvalue weighted by Gasteiger charge is -2.14. The van der Waals surface area contributed by atoms with Crippen LogP contribution in [-0.4, -0.2) is 30.6 Å². The fourth-order valence-electron chi connectivity index (χ4n) is 2.97. The van der Waals surface area contributed by atoms with Gasteiger partial charge in [-0.25, -0.2) is 0 Å². The standard InChI is InChI=1S/C22H22N2O4/c1-28-17-9-4-6-15(12-17)13-23-21(26)22(27)24-14-20(25)19-11-5-8-16-7-2-3-10-18(16)19/h2-12,20,25H,13-14H2,1H3,(H,23,26)(H,24,27)/t20-/m1/s1. The monoisotopic (exact) mass is 378 g/mol. The summed E-state index contributed by atoms with van der Waals surface area (Å²) < 4.78 is 5.13. The lowest BCUT2D eigenvalue weighted by atomic mass is 10.0. The van der Waals surface area contributed by atoms with Crippen LogP contribution in [0.1, 0.15) is 17.2 Å². The molecule has 0 spiro atoms. The van der Waals surface area contributed by atoms with Crippen molar-refractivity contribution in [1.82, 2.24) is 10.6 Å². The zero-order chi connectivity index (χ0) is 19.9. The molecule has 0 heterocycles. The molecule has 0 saturated heterocycles. The summed E-state index contributed by atoms with van der Waals surface area (Å²) in [6.45, 7) is 0.148. The number of rotatable bonds is 6. The lowest BCUT2D eigenvalue weighted by Crippen LogP contribution is -2.41. The van der Waals surface area contributed by atoms with Gasteiger partial charge in [-0.1, -0.05) is 54.6 Å². The highest BCUT2D eigenvalue weighted by Crippen LogP contribution is 2.23. The van der Waals surface area contributed by atoms with Gasteiger partial charge in [-0.15, -0.1) is 0 Å². The summed E-state index contributed by atoms with van der Waals surface area (Å²) in [7, 11) is 1.56. The number of aliphatic hydroxyl groups is 1. The maximum atomic E-state index is 12.0. The Bertz CT molecular complexity index is 982. The first-order chi connectivity index (χ1) is 13.6. The minimum absolute atomic E-state index is 0.0561. The van der Waals surface area contributed by atoms with E-state index in [2.05, 4.69) is 10.6 Å². The molecule has 6 nitrogen and oxygen atoms in total. The Kier molecular flexibility index (Phi) is 6.24. The van der Waals surface area contributed by atoms with Gasteiger partial charge in [0.2, 0.25) is 0 Å². The van der Waals surface area contributed by atoms with Crippen molar-refractivity contribution >= 4 is 22.6 Å². The minimum Gasteiger partial charge on any atom is -0.497 e. The highest BCUT2D eigenvalue weighted by atomic mass is 16.5. The molecule has 0 aromatic heterocycles.